The number of ether oxygens (including phenoxy) is 1. The van der Waals surface area contributed by atoms with Gasteiger partial charge in [-0.25, -0.2) is 27.3 Å². The Morgan fingerprint density at radius 2 is 1.77 bits per heavy atom. The molecule has 234 valence electrons. The van der Waals surface area contributed by atoms with Crippen molar-refractivity contribution in [1.29, 1.82) is 0 Å². The van der Waals surface area contributed by atoms with Gasteiger partial charge in [-0.15, -0.1) is 11.8 Å². The minimum atomic E-state index is -4.02. The predicted molar refractivity (Wildman–Crippen MR) is 153 cm³/mol. The lowest BCUT2D eigenvalue weighted by atomic mass is 9.84. The summed E-state index contributed by atoms with van der Waals surface area (Å²) in [7, 11) is -4.02. The number of sulfone groups is 1. The molecule has 1 aromatic rings. The second-order valence-electron chi connectivity index (χ2n) is 12.7. The highest BCUT2D eigenvalue weighted by atomic mass is 32.2. The molecule has 6 N–H and O–H groups in total. The average molecular weight is 639 g/mol. The maximum atomic E-state index is 13.8. The first kappa shape index (κ1) is 31.4. The summed E-state index contributed by atoms with van der Waals surface area (Å²) in [4.78, 5) is 67.3. The van der Waals surface area contributed by atoms with Crippen LogP contribution in [0.15, 0.2) is 30.3 Å². The van der Waals surface area contributed by atoms with E-state index < -0.39 is 101 Å². The van der Waals surface area contributed by atoms with E-state index >= 15 is 0 Å². The molecule has 4 heterocycles. The Morgan fingerprint density at radius 1 is 1.16 bits per heavy atom. The number of β-lactam (4-membered cyclic amide) rings is 2. The average Bonchev–Trinajstić information content (AvgIpc) is 3.25. The SMILES string of the molecule is C[C@@H](N)[N+]12C(=O)CC1S(=O)(=O)C(C)(C)[C@@H]2C(=O)OC[C@@]1(NC(=O)C(N)c2ccccc2)C(=O)N2[C@@H](C(=O)O)C(C)(C)S[C@@H]21. The molecule has 0 bridgehead atoms. The van der Waals surface area contributed by atoms with Crippen LogP contribution in [0, 0.1) is 0 Å². The number of aliphatic carboxylic acids is 1. The summed E-state index contributed by atoms with van der Waals surface area (Å²) in [5.74, 6) is -4.40. The van der Waals surface area contributed by atoms with Crippen LogP contribution in [0.25, 0.3) is 0 Å². The summed E-state index contributed by atoms with van der Waals surface area (Å²) in [6.45, 7) is 6.66. The number of amides is 3. The molecule has 8 atom stereocenters. The third-order valence-corrected chi connectivity index (χ3v) is 14.0. The van der Waals surface area contributed by atoms with Crippen molar-refractivity contribution in [3.8, 4) is 0 Å². The maximum Gasteiger partial charge on any atom is 0.367 e. The van der Waals surface area contributed by atoms with E-state index in [9.17, 15) is 37.5 Å². The van der Waals surface area contributed by atoms with Gasteiger partial charge in [-0.05, 0) is 33.3 Å². The first-order valence-corrected chi connectivity index (χ1v) is 16.2. The maximum absolute atomic E-state index is 13.8. The fourth-order valence-electron chi connectivity index (χ4n) is 7.14. The molecule has 0 saturated carbocycles. The molecule has 43 heavy (non-hydrogen) atoms. The Kier molecular flexibility index (Phi) is 7.10. The van der Waals surface area contributed by atoms with Crippen LogP contribution in [0.1, 0.15) is 52.6 Å². The van der Waals surface area contributed by atoms with Gasteiger partial charge < -0.3 is 25.8 Å². The minimum Gasteiger partial charge on any atom is -0.480 e. The third kappa shape index (κ3) is 3.96. The van der Waals surface area contributed by atoms with Gasteiger partial charge in [0.2, 0.25) is 27.2 Å². The van der Waals surface area contributed by atoms with Crippen LogP contribution < -0.4 is 16.8 Å². The van der Waals surface area contributed by atoms with E-state index in [-0.39, 0.29) is 6.42 Å². The number of hydrogen-bond donors (Lipinski definition) is 4. The molecule has 4 saturated heterocycles. The Hall–Kier alpha value is -3.05. The Labute approximate surface area is 252 Å². The number of carboxylic acid groups (broad SMARTS) is 1. The molecule has 0 aliphatic carbocycles. The molecule has 4 aliphatic rings. The van der Waals surface area contributed by atoms with E-state index in [1.165, 1.54) is 20.8 Å². The molecule has 16 heteroatoms. The number of hydrogen-bond acceptors (Lipinski definition) is 11. The van der Waals surface area contributed by atoms with Crippen molar-refractivity contribution < 1.29 is 46.7 Å². The fourth-order valence-corrected chi connectivity index (χ4v) is 11.4. The summed E-state index contributed by atoms with van der Waals surface area (Å²) in [6.07, 6.45) is -1.34. The van der Waals surface area contributed by atoms with Gasteiger partial charge in [0.15, 0.2) is 5.54 Å². The monoisotopic (exact) mass is 638 g/mol. The van der Waals surface area contributed by atoms with Gasteiger partial charge in [0, 0.05) is 11.7 Å². The number of benzene rings is 1. The molecule has 0 spiro atoms. The van der Waals surface area contributed by atoms with E-state index in [0.717, 1.165) is 16.7 Å². The van der Waals surface area contributed by atoms with Gasteiger partial charge in [0.25, 0.3) is 5.91 Å². The van der Waals surface area contributed by atoms with Crippen LogP contribution >= 0.6 is 11.8 Å². The zero-order chi connectivity index (χ0) is 32.1. The van der Waals surface area contributed by atoms with Crippen molar-refractivity contribution in [2.45, 2.75) is 91.1 Å². The zero-order valence-electron chi connectivity index (χ0n) is 24.3. The standard InChI is InChI=1S/C27H35N5O9S2/c1-13(28)32-15(33)11-16(32)43(39,40)26(4,5)19(32)22(37)41-12-27(30-20(34)17(29)14-9-7-6-8-10-14)23(38)31-18(21(35)36)25(2,3)42-24(27)31/h6-10,13,16-19,24H,11-12,28-29H2,1-5H3,(H-,30,34,35,36)/p+1/t13-,16?,17?,18-,19-,24+,27+,32?/m0/s1. The molecule has 4 aliphatic heterocycles. The number of carboxylic acids is 1. The lowest BCUT2D eigenvalue weighted by Gasteiger charge is -2.53. The van der Waals surface area contributed by atoms with Crippen LogP contribution in [0.3, 0.4) is 0 Å². The summed E-state index contributed by atoms with van der Waals surface area (Å²) in [6, 6.07) is 4.37. The quantitative estimate of drug-likeness (QED) is 0.156. The summed E-state index contributed by atoms with van der Waals surface area (Å²) < 4.78 is 29.0. The number of esters is 1. The molecule has 3 unspecified atom stereocenters. The first-order chi connectivity index (χ1) is 19.8. The number of rotatable bonds is 8. The van der Waals surface area contributed by atoms with E-state index in [1.807, 2.05) is 0 Å². The van der Waals surface area contributed by atoms with Gasteiger partial charge in [-0.1, -0.05) is 30.3 Å². The Morgan fingerprint density at radius 3 is 2.30 bits per heavy atom. The van der Waals surface area contributed by atoms with Crippen LogP contribution in [0.5, 0.6) is 0 Å². The lowest BCUT2D eigenvalue weighted by molar-refractivity contribution is -0.923. The van der Waals surface area contributed by atoms with E-state index in [0.29, 0.717) is 5.56 Å². The van der Waals surface area contributed by atoms with Crippen LogP contribution in [0.2, 0.25) is 0 Å². The molecule has 0 aromatic heterocycles. The fraction of sp³-hybridized carbons (Fsp3) is 0.593. The topological polar surface area (TPSA) is 216 Å². The highest BCUT2D eigenvalue weighted by Gasteiger charge is 2.82. The van der Waals surface area contributed by atoms with Crippen molar-refractivity contribution >= 4 is 51.3 Å². The number of quaternary nitrogens is 1. The highest BCUT2D eigenvalue weighted by Crippen LogP contribution is 2.56. The molecule has 1 aromatic carbocycles. The van der Waals surface area contributed by atoms with Gasteiger partial charge in [-0.3, -0.25) is 15.3 Å². The minimum absolute atomic E-state index is 0.285. The number of carbonyl (C=O) groups is 5. The molecular weight excluding hydrogens is 602 g/mol. The normalized spacial score (nSPS) is 35.9. The summed E-state index contributed by atoms with van der Waals surface area (Å²) >= 11 is 1.12. The van der Waals surface area contributed by atoms with Crippen molar-refractivity contribution in [2.24, 2.45) is 11.5 Å². The van der Waals surface area contributed by atoms with Crippen LogP contribution in [0.4, 0.5) is 0 Å². The molecule has 4 fully saturated rings. The molecular formula is C27H36N5O9S2+. The summed E-state index contributed by atoms with van der Waals surface area (Å²) in [5, 5.41) is 10.4. The van der Waals surface area contributed by atoms with E-state index in [4.69, 9.17) is 16.2 Å². The largest absolute Gasteiger partial charge is 0.480 e. The van der Waals surface area contributed by atoms with Gasteiger partial charge in [0.05, 0.1) is 0 Å². The number of nitrogens with one attached hydrogen (secondary N) is 1. The third-order valence-electron chi connectivity index (χ3n) is 9.44. The second-order valence-corrected chi connectivity index (χ2v) is 17.1. The van der Waals surface area contributed by atoms with Crippen molar-refractivity contribution in [2.75, 3.05) is 6.61 Å². The molecule has 3 amide bonds. The van der Waals surface area contributed by atoms with Gasteiger partial charge in [0.1, 0.15) is 41.4 Å². The van der Waals surface area contributed by atoms with E-state index in [1.54, 1.807) is 44.2 Å². The molecule has 0 radical (unpaired) electrons. The highest BCUT2D eigenvalue weighted by molar-refractivity contribution is 8.01. The number of fused-ring (bicyclic) bond motifs is 2. The number of nitrogens with two attached hydrogens (primary N) is 2. The molecule has 5 rings (SSSR count). The molecule has 14 nitrogen and oxygen atoms in total. The first-order valence-electron chi connectivity index (χ1n) is 13.7. The lowest BCUT2D eigenvalue weighted by Crippen LogP contribution is -2.82. The predicted octanol–water partition coefficient (Wildman–Crippen LogP) is -0.815. The van der Waals surface area contributed by atoms with Gasteiger partial charge >= 0.3 is 17.8 Å². The van der Waals surface area contributed by atoms with Crippen molar-refractivity contribution in [1.82, 2.24) is 10.2 Å². The summed E-state index contributed by atoms with van der Waals surface area (Å²) in [5.41, 5.74) is 10.9. The van der Waals surface area contributed by atoms with Crippen molar-refractivity contribution in [3.63, 3.8) is 0 Å². The van der Waals surface area contributed by atoms with Crippen molar-refractivity contribution in [3.05, 3.63) is 35.9 Å². The van der Waals surface area contributed by atoms with Crippen LogP contribution in [-0.4, -0.2) is 103 Å². The van der Waals surface area contributed by atoms with E-state index in [2.05, 4.69) is 5.32 Å². The van der Waals surface area contributed by atoms with Crippen LogP contribution in [-0.2, 0) is 38.5 Å². The second kappa shape index (κ2) is 9.72. The van der Waals surface area contributed by atoms with Gasteiger partial charge in [-0.2, -0.15) is 0 Å². The number of thioether (sulfide) groups is 1. The Bertz CT molecular complexity index is 1530. The smallest absolute Gasteiger partial charge is 0.367 e. The number of nitrogens with zero attached hydrogens (tertiary/aromatic N) is 2. The Balaban J connectivity index is 1.49. The number of carbonyl (C=O) groups excluding carboxylic acids is 4. The zero-order valence-corrected chi connectivity index (χ0v) is 26.0.